The topological polar surface area (TPSA) is 0 Å². The average molecular weight is 343 g/mol. The van der Waals surface area contributed by atoms with Gasteiger partial charge in [0.1, 0.15) is 0 Å². The molecular formula is C26H30. The predicted molar refractivity (Wildman–Crippen MR) is 113 cm³/mol. The smallest absolute Gasteiger partial charge is 0.0238 e. The van der Waals surface area contributed by atoms with Crippen LogP contribution in [0, 0.1) is 27.7 Å². The number of aryl methyl sites for hydroxylation is 8. The number of hydrogen-bond acceptors (Lipinski definition) is 0. The maximum Gasteiger partial charge on any atom is -0.0238 e. The Morgan fingerprint density at radius 3 is 1.15 bits per heavy atom. The highest BCUT2D eigenvalue weighted by Crippen LogP contribution is 2.16. The lowest BCUT2D eigenvalue weighted by Gasteiger charge is -2.08. The van der Waals surface area contributed by atoms with Crippen molar-refractivity contribution in [3.63, 3.8) is 0 Å². The van der Waals surface area contributed by atoms with E-state index in [2.05, 4.69) is 88.4 Å². The lowest BCUT2D eigenvalue weighted by molar-refractivity contribution is 0.927. The van der Waals surface area contributed by atoms with E-state index in [0.29, 0.717) is 0 Å². The van der Waals surface area contributed by atoms with E-state index in [0.717, 1.165) is 25.7 Å². The fourth-order valence-electron chi connectivity index (χ4n) is 3.94. The summed E-state index contributed by atoms with van der Waals surface area (Å²) >= 11 is 0. The van der Waals surface area contributed by atoms with Gasteiger partial charge in [0.05, 0.1) is 0 Å². The van der Waals surface area contributed by atoms with Crippen molar-refractivity contribution in [1.29, 1.82) is 0 Å². The normalized spacial score (nSPS) is 10.9. The van der Waals surface area contributed by atoms with Gasteiger partial charge in [0.15, 0.2) is 0 Å². The van der Waals surface area contributed by atoms with E-state index in [1.807, 2.05) is 0 Å². The van der Waals surface area contributed by atoms with Gasteiger partial charge in [-0.25, -0.2) is 0 Å². The molecule has 0 atom stereocenters. The Labute approximate surface area is 158 Å². The Bertz CT molecular complexity index is 775. The van der Waals surface area contributed by atoms with Crippen molar-refractivity contribution in [3.8, 4) is 0 Å². The zero-order valence-corrected chi connectivity index (χ0v) is 16.6. The summed E-state index contributed by atoms with van der Waals surface area (Å²) in [7, 11) is 0. The standard InChI is InChI=1S/C26H30/c1-19-12-20(2)15-25(14-19)10-8-23-6-5-7-24(18-23)9-11-26-16-21(3)13-22(4)17-26/h5-7,12-18H,8-11H2,1-4H3. The minimum absolute atomic E-state index is 1.11. The molecule has 0 heterocycles. The highest BCUT2D eigenvalue weighted by molar-refractivity contribution is 5.32. The van der Waals surface area contributed by atoms with Crippen LogP contribution in [0.15, 0.2) is 60.7 Å². The van der Waals surface area contributed by atoms with Crippen LogP contribution in [0.4, 0.5) is 0 Å². The summed E-state index contributed by atoms with van der Waals surface area (Å²) in [5.41, 5.74) is 11.2. The lowest BCUT2D eigenvalue weighted by atomic mass is 9.97. The third-order valence-corrected chi connectivity index (χ3v) is 4.96. The first kappa shape index (κ1) is 18.5. The van der Waals surface area contributed by atoms with Gasteiger partial charge in [-0.05, 0) is 75.6 Å². The van der Waals surface area contributed by atoms with E-state index in [1.54, 1.807) is 0 Å². The zero-order valence-electron chi connectivity index (χ0n) is 16.6. The molecule has 26 heavy (non-hydrogen) atoms. The van der Waals surface area contributed by atoms with Crippen LogP contribution >= 0.6 is 0 Å². The molecule has 0 spiro atoms. The molecule has 0 N–H and O–H groups in total. The third-order valence-electron chi connectivity index (χ3n) is 4.96. The maximum absolute atomic E-state index is 2.39. The molecule has 0 aliphatic carbocycles. The van der Waals surface area contributed by atoms with Crippen LogP contribution in [0.25, 0.3) is 0 Å². The van der Waals surface area contributed by atoms with E-state index in [9.17, 15) is 0 Å². The van der Waals surface area contributed by atoms with Crippen molar-refractivity contribution in [2.45, 2.75) is 53.4 Å². The van der Waals surface area contributed by atoms with Crippen molar-refractivity contribution in [2.75, 3.05) is 0 Å². The summed E-state index contributed by atoms with van der Waals surface area (Å²) in [6.45, 7) is 8.74. The van der Waals surface area contributed by atoms with Gasteiger partial charge < -0.3 is 0 Å². The molecule has 0 radical (unpaired) electrons. The fraction of sp³-hybridized carbons (Fsp3) is 0.308. The van der Waals surface area contributed by atoms with Crippen molar-refractivity contribution in [3.05, 3.63) is 105 Å². The average Bonchev–Trinajstić information content (AvgIpc) is 2.57. The fourth-order valence-corrected chi connectivity index (χ4v) is 3.94. The molecule has 3 aromatic carbocycles. The maximum atomic E-state index is 2.39. The highest BCUT2D eigenvalue weighted by atomic mass is 14.1. The second kappa shape index (κ2) is 8.36. The number of hydrogen-bond donors (Lipinski definition) is 0. The SMILES string of the molecule is Cc1cc(C)cc(CCc2cccc(CCc3cc(C)cc(C)c3)c2)c1. The Balaban J connectivity index is 1.62. The molecule has 0 saturated heterocycles. The third kappa shape index (κ3) is 5.33. The first-order valence-electron chi connectivity index (χ1n) is 9.70. The lowest BCUT2D eigenvalue weighted by Crippen LogP contribution is -1.96. The first-order valence-corrected chi connectivity index (χ1v) is 9.70. The minimum atomic E-state index is 1.11. The molecular weight excluding hydrogens is 312 g/mol. The van der Waals surface area contributed by atoms with Crippen molar-refractivity contribution >= 4 is 0 Å². The molecule has 0 aromatic heterocycles. The number of rotatable bonds is 6. The van der Waals surface area contributed by atoms with Crippen molar-refractivity contribution < 1.29 is 0 Å². The van der Waals surface area contributed by atoms with Gasteiger partial charge in [0.25, 0.3) is 0 Å². The van der Waals surface area contributed by atoms with E-state index in [1.165, 1.54) is 44.5 Å². The van der Waals surface area contributed by atoms with Gasteiger partial charge in [0, 0.05) is 0 Å². The molecule has 0 nitrogen and oxygen atoms in total. The summed E-state index contributed by atoms with van der Waals surface area (Å²) < 4.78 is 0. The van der Waals surface area contributed by atoms with Gasteiger partial charge in [-0.2, -0.15) is 0 Å². The quantitative estimate of drug-likeness (QED) is 0.480. The Kier molecular flexibility index (Phi) is 5.93. The molecule has 0 saturated carbocycles. The number of benzene rings is 3. The van der Waals surface area contributed by atoms with E-state index in [4.69, 9.17) is 0 Å². The van der Waals surface area contributed by atoms with Crippen LogP contribution in [0.5, 0.6) is 0 Å². The molecule has 0 aliphatic heterocycles. The predicted octanol–water partition coefficient (Wildman–Crippen LogP) is 6.49. The van der Waals surface area contributed by atoms with Crippen LogP contribution in [-0.4, -0.2) is 0 Å². The highest BCUT2D eigenvalue weighted by Gasteiger charge is 2.02. The summed E-state index contributed by atoms with van der Waals surface area (Å²) in [4.78, 5) is 0. The van der Waals surface area contributed by atoms with Crippen LogP contribution in [0.1, 0.15) is 44.5 Å². The Hall–Kier alpha value is -2.34. The van der Waals surface area contributed by atoms with Gasteiger partial charge >= 0.3 is 0 Å². The van der Waals surface area contributed by atoms with Crippen LogP contribution in [-0.2, 0) is 25.7 Å². The molecule has 0 fully saturated rings. The summed E-state index contributed by atoms with van der Waals surface area (Å²) in [6, 6.07) is 22.9. The second-order valence-corrected chi connectivity index (χ2v) is 7.81. The second-order valence-electron chi connectivity index (χ2n) is 7.81. The Morgan fingerprint density at radius 2 is 0.769 bits per heavy atom. The van der Waals surface area contributed by atoms with Gasteiger partial charge in [0.2, 0.25) is 0 Å². The molecule has 0 heteroatoms. The first-order chi connectivity index (χ1) is 12.5. The van der Waals surface area contributed by atoms with Gasteiger partial charge in [-0.15, -0.1) is 0 Å². The molecule has 3 rings (SSSR count). The summed E-state index contributed by atoms with van der Waals surface area (Å²) in [6.07, 6.45) is 4.45. The van der Waals surface area contributed by atoms with Crippen LogP contribution < -0.4 is 0 Å². The van der Waals surface area contributed by atoms with Crippen LogP contribution in [0.2, 0.25) is 0 Å². The molecule has 0 amide bonds. The molecule has 0 aliphatic rings. The van der Waals surface area contributed by atoms with E-state index < -0.39 is 0 Å². The summed E-state index contributed by atoms with van der Waals surface area (Å²) in [5.74, 6) is 0. The molecule has 0 unspecified atom stereocenters. The van der Waals surface area contributed by atoms with Crippen LogP contribution in [0.3, 0.4) is 0 Å². The molecule has 134 valence electrons. The zero-order chi connectivity index (χ0) is 18.5. The molecule has 3 aromatic rings. The monoisotopic (exact) mass is 342 g/mol. The largest absolute Gasteiger partial charge is 0.0617 e. The van der Waals surface area contributed by atoms with Gasteiger partial charge in [-0.3, -0.25) is 0 Å². The van der Waals surface area contributed by atoms with Crippen molar-refractivity contribution in [1.82, 2.24) is 0 Å². The van der Waals surface area contributed by atoms with E-state index >= 15 is 0 Å². The van der Waals surface area contributed by atoms with Gasteiger partial charge in [-0.1, -0.05) is 82.9 Å². The van der Waals surface area contributed by atoms with E-state index in [-0.39, 0.29) is 0 Å². The van der Waals surface area contributed by atoms with Crippen molar-refractivity contribution in [2.24, 2.45) is 0 Å². The Morgan fingerprint density at radius 1 is 0.423 bits per heavy atom. The summed E-state index contributed by atoms with van der Waals surface area (Å²) in [5, 5.41) is 0. The molecule has 0 bridgehead atoms. The minimum Gasteiger partial charge on any atom is -0.0617 e.